The molecule has 2 rings (SSSR count). The third-order valence-electron chi connectivity index (χ3n) is 2.76. The van der Waals surface area contributed by atoms with Crippen molar-refractivity contribution in [1.29, 1.82) is 0 Å². The van der Waals surface area contributed by atoms with E-state index in [1.807, 2.05) is 13.1 Å². The highest BCUT2D eigenvalue weighted by Gasteiger charge is 2.10. The van der Waals surface area contributed by atoms with Gasteiger partial charge >= 0.3 is 0 Å². The van der Waals surface area contributed by atoms with Gasteiger partial charge in [0, 0.05) is 41.4 Å². The number of amides is 1. The van der Waals surface area contributed by atoms with Crippen molar-refractivity contribution in [3.63, 3.8) is 0 Å². The summed E-state index contributed by atoms with van der Waals surface area (Å²) in [6, 6.07) is 7.07. The zero-order valence-corrected chi connectivity index (χ0v) is 12.7. The SMILES string of the molecule is Cn1nccc1CCNC(=O)c1cc(Cl)ccc1Br. The number of carbonyl (C=O) groups is 1. The van der Waals surface area contributed by atoms with E-state index in [-0.39, 0.29) is 5.91 Å². The Bertz CT molecular complexity index is 597. The standard InChI is InChI=1S/C13H13BrClN3O/c1-18-10(5-7-17-18)4-6-16-13(19)11-8-9(15)2-3-12(11)14/h2-3,5,7-8H,4,6H2,1H3,(H,16,19). The molecule has 0 bridgehead atoms. The van der Waals surface area contributed by atoms with Gasteiger partial charge in [-0.25, -0.2) is 0 Å². The maximum atomic E-state index is 12.0. The first-order chi connectivity index (χ1) is 9.08. The van der Waals surface area contributed by atoms with E-state index in [1.54, 1.807) is 29.1 Å². The van der Waals surface area contributed by atoms with Gasteiger partial charge in [-0.15, -0.1) is 0 Å². The molecule has 0 fully saturated rings. The minimum absolute atomic E-state index is 0.142. The Morgan fingerprint density at radius 2 is 2.26 bits per heavy atom. The predicted molar refractivity (Wildman–Crippen MR) is 78.4 cm³/mol. The van der Waals surface area contributed by atoms with Gasteiger partial charge in [-0.3, -0.25) is 9.48 Å². The fourth-order valence-corrected chi connectivity index (χ4v) is 2.32. The number of nitrogens with one attached hydrogen (secondary N) is 1. The monoisotopic (exact) mass is 341 g/mol. The van der Waals surface area contributed by atoms with Crippen molar-refractivity contribution in [2.45, 2.75) is 6.42 Å². The molecule has 0 saturated carbocycles. The topological polar surface area (TPSA) is 46.9 Å². The van der Waals surface area contributed by atoms with Crippen LogP contribution in [0.25, 0.3) is 0 Å². The zero-order valence-electron chi connectivity index (χ0n) is 10.4. The highest BCUT2D eigenvalue weighted by molar-refractivity contribution is 9.10. The van der Waals surface area contributed by atoms with E-state index in [9.17, 15) is 4.79 Å². The van der Waals surface area contributed by atoms with Crippen LogP contribution >= 0.6 is 27.5 Å². The maximum absolute atomic E-state index is 12.0. The van der Waals surface area contributed by atoms with E-state index in [0.717, 1.165) is 16.6 Å². The normalized spacial score (nSPS) is 10.5. The highest BCUT2D eigenvalue weighted by atomic mass is 79.9. The smallest absolute Gasteiger partial charge is 0.252 e. The van der Waals surface area contributed by atoms with Crippen molar-refractivity contribution in [1.82, 2.24) is 15.1 Å². The number of halogens is 2. The minimum atomic E-state index is -0.142. The van der Waals surface area contributed by atoms with Crippen LogP contribution in [0.3, 0.4) is 0 Å². The summed E-state index contributed by atoms with van der Waals surface area (Å²) < 4.78 is 2.52. The average Bonchev–Trinajstić information content (AvgIpc) is 2.78. The van der Waals surface area contributed by atoms with Gasteiger partial charge in [0.2, 0.25) is 0 Å². The summed E-state index contributed by atoms with van der Waals surface area (Å²) in [6.45, 7) is 0.553. The molecule has 1 aromatic carbocycles. The molecule has 0 unspecified atom stereocenters. The molecule has 0 radical (unpaired) electrons. The molecule has 2 aromatic rings. The summed E-state index contributed by atoms with van der Waals surface area (Å²) in [5, 5.41) is 7.48. The molecule has 100 valence electrons. The number of benzene rings is 1. The highest BCUT2D eigenvalue weighted by Crippen LogP contribution is 2.20. The van der Waals surface area contributed by atoms with Crippen LogP contribution in [0.4, 0.5) is 0 Å². The van der Waals surface area contributed by atoms with Crippen LogP contribution in [0.2, 0.25) is 5.02 Å². The number of aromatic nitrogens is 2. The van der Waals surface area contributed by atoms with Gasteiger partial charge in [0.1, 0.15) is 0 Å². The van der Waals surface area contributed by atoms with Crippen molar-refractivity contribution >= 4 is 33.4 Å². The Labute approximate surface area is 124 Å². The second-order valence-electron chi connectivity index (χ2n) is 4.08. The molecule has 0 aliphatic heterocycles. The van der Waals surface area contributed by atoms with Gasteiger partial charge in [-0.05, 0) is 40.2 Å². The van der Waals surface area contributed by atoms with E-state index in [2.05, 4.69) is 26.3 Å². The Balaban J connectivity index is 1.94. The first-order valence-corrected chi connectivity index (χ1v) is 6.95. The predicted octanol–water partition coefficient (Wildman–Crippen LogP) is 2.81. The first kappa shape index (κ1) is 14.1. The summed E-state index contributed by atoms with van der Waals surface area (Å²) in [6.07, 6.45) is 2.48. The molecule has 0 atom stereocenters. The van der Waals surface area contributed by atoms with Crippen LogP contribution in [0.5, 0.6) is 0 Å². The lowest BCUT2D eigenvalue weighted by atomic mass is 10.2. The second kappa shape index (κ2) is 6.21. The van der Waals surface area contributed by atoms with Gasteiger partial charge < -0.3 is 5.32 Å². The number of aryl methyl sites for hydroxylation is 1. The van der Waals surface area contributed by atoms with Gasteiger partial charge in [0.25, 0.3) is 5.91 Å². The summed E-state index contributed by atoms with van der Waals surface area (Å²) in [5.74, 6) is -0.142. The van der Waals surface area contributed by atoms with Crippen molar-refractivity contribution in [2.75, 3.05) is 6.54 Å². The molecule has 19 heavy (non-hydrogen) atoms. The Hall–Kier alpha value is -1.33. The van der Waals surface area contributed by atoms with E-state index in [1.165, 1.54) is 0 Å². The van der Waals surface area contributed by atoms with Crippen LogP contribution in [0.1, 0.15) is 16.1 Å². The van der Waals surface area contributed by atoms with Crippen LogP contribution in [0, 0.1) is 0 Å². The number of rotatable bonds is 4. The number of hydrogen-bond donors (Lipinski definition) is 1. The van der Waals surface area contributed by atoms with Crippen LogP contribution < -0.4 is 5.32 Å². The summed E-state index contributed by atoms with van der Waals surface area (Å²) in [4.78, 5) is 12.0. The lowest BCUT2D eigenvalue weighted by Gasteiger charge is -2.07. The first-order valence-electron chi connectivity index (χ1n) is 5.78. The molecule has 6 heteroatoms. The lowest BCUT2D eigenvalue weighted by molar-refractivity contribution is 0.0953. The quantitative estimate of drug-likeness (QED) is 0.929. The molecular weight excluding hydrogens is 330 g/mol. The van der Waals surface area contributed by atoms with E-state index in [4.69, 9.17) is 11.6 Å². The molecular formula is C13H13BrClN3O. The average molecular weight is 343 g/mol. The fraction of sp³-hybridized carbons (Fsp3) is 0.231. The number of carbonyl (C=O) groups excluding carboxylic acids is 1. The van der Waals surface area contributed by atoms with Crippen LogP contribution in [0.15, 0.2) is 34.9 Å². The van der Waals surface area contributed by atoms with Gasteiger partial charge in [-0.1, -0.05) is 11.6 Å². The Kier molecular flexibility index (Phi) is 4.61. The second-order valence-corrected chi connectivity index (χ2v) is 5.37. The molecule has 1 amide bonds. The lowest BCUT2D eigenvalue weighted by Crippen LogP contribution is -2.26. The number of hydrogen-bond acceptors (Lipinski definition) is 2. The largest absolute Gasteiger partial charge is 0.352 e. The van der Waals surface area contributed by atoms with Crippen LogP contribution in [-0.4, -0.2) is 22.2 Å². The summed E-state index contributed by atoms with van der Waals surface area (Å²) >= 11 is 9.22. The van der Waals surface area contributed by atoms with Gasteiger partial charge in [0.05, 0.1) is 5.56 Å². The summed E-state index contributed by atoms with van der Waals surface area (Å²) in [7, 11) is 1.88. The zero-order chi connectivity index (χ0) is 13.8. The van der Waals surface area contributed by atoms with Crippen molar-refractivity contribution < 1.29 is 4.79 Å². The maximum Gasteiger partial charge on any atom is 0.252 e. The number of nitrogens with zero attached hydrogens (tertiary/aromatic N) is 2. The van der Waals surface area contributed by atoms with E-state index >= 15 is 0 Å². The third-order valence-corrected chi connectivity index (χ3v) is 3.69. The minimum Gasteiger partial charge on any atom is -0.352 e. The fourth-order valence-electron chi connectivity index (χ4n) is 1.72. The molecule has 0 aliphatic carbocycles. The molecule has 4 nitrogen and oxygen atoms in total. The van der Waals surface area contributed by atoms with Crippen molar-refractivity contribution in [2.24, 2.45) is 7.05 Å². The van der Waals surface area contributed by atoms with E-state index < -0.39 is 0 Å². The molecule has 1 N–H and O–H groups in total. The Morgan fingerprint density at radius 3 is 2.95 bits per heavy atom. The molecule has 1 aromatic heterocycles. The Morgan fingerprint density at radius 1 is 1.47 bits per heavy atom. The molecule has 0 spiro atoms. The molecule has 0 saturated heterocycles. The van der Waals surface area contributed by atoms with Crippen molar-refractivity contribution in [3.05, 3.63) is 51.2 Å². The van der Waals surface area contributed by atoms with Gasteiger partial charge in [0.15, 0.2) is 0 Å². The van der Waals surface area contributed by atoms with Gasteiger partial charge in [-0.2, -0.15) is 5.10 Å². The third kappa shape index (κ3) is 3.58. The van der Waals surface area contributed by atoms with Crippen molar-refractivity contribution in [3.8, 4) is 0 Å². The molecule has 0 aliphatic rings. The molecule has 1 heterocycles. The van der Waals surface area contributed by atoms with E-state index in [0.29, 0.717) is 17.1 Å². The van der Waals surface area contributed by atoms with Crippen LogP contribution in [-0.2, 0) is 13.5 Å². The summed E-state index contributed by atoms with van der Waals surface area (Å²) in [5.41, 5.74) is 1.61.